The smallest absolute Gasteiger partial charge is 0.308 e. The number of urea groups is 1. The monoisotopic (exact) mass is 344 g/mol. The van der Waals surface area contributed by atoms with Crippen LogP contribution in [0.2, 0.25) is 0 Å². The van der Waals surface area contributed by atoms with Crippen molar-refractivity contribution in [2.45, 2.75) is 25.7 Å². The average molecular weight is 345 g/mol. The fourth-order valence-corrected chi connectivity index (χ4v) is 3.15. The molecule has 21 heavy (non-hydrogen) atoms. The number of fused-ring (bicyclic) bond motifs is 1. The van der Waals surface area contributed by atoms with Gasteiger partial charge in [0.15, 0.2) is 0 Å². The van der Waals surface area contributed by atoms with Crippen LogP contribution in [0.15, 0.2) is 46.9 Å². The standard InChI is InChI=1S/C17H17BrN2O/c18-13-7-4-8-14(11-13)19-17(21)20-16-10-3-6-12-5-1-2-9-15(12)16/h3-4,6-8,10-11H,1-2,5,9H2,(H2,19,20,21). The van der Waals surface area contributed by atoms with Crippen LogP contribution < -0.4 is 10.6 Å². The van der Waals surface area contributed by atoms with E-state index in [0.717, 1.165) is 28.7 Å². The van der Waals surface area contributed by atoms with E-state index in [1.807, 2.05) is 36.4 Å². The van der Waals surface area contributed by atoms with Gasteiger partial charge in [0.2, 0.25) is 0 Å². The number of hydrogen-bond donors (Lipinski definition) is 2. The van der Waals surface area contributed by atoms with Crippen LogP contribution in [-0.4, -0.2) is 6.03 Å². The van der Waals surface area contributed by atoms with E-state index in [1.54, 1.807) is 0 Å². The lowest BCUT2D eigenvalue weighted by atomic mass is 9.90. The van der Waals surface area contributed by atoms with E-state index in [-0.39, 0.29) is 6.03 Å². The fourth-order valence-electron chi connectivity index (χ4n) is 2.75. The molecule has 108 valence electrons. The molecule has 4 heteroatoms. The highest BCUT2D eigenvalue weighted by Crippen LogP contribution is 2.28. The van der Waals surface area contributed by atoms with Gasteiger partial charge in [-0.1, -0.05) is 34.1 Å². The summed E-state index contributed by atoms with van der Waals surface area (Å²) in [5.41, 5.74) is 4.35. The molecule has 0 heterocycles. The summed E-state index contributed by atoms with van der Waals surface area (Å²) < 4.78 is 0.942. The third-order valence-electron chi connectivity index (χ3n) is 3.73. The molecule has 0 aromatic heterocycles. The Hall–Kier alpha value is -1.81. The van der Waals surface area contributed by atoms with Gasteiger partial charge >= 0.3 is 6.03 Å². The minimum absolute atomic E-state index is 0.202. The van der Waals surface area contributed by atoms with Crippen LogP contribution in [0.3, 0.4) is 0 Å². The Balaban J connectivity index is 1.73. The third-order valence-corrected chi connectivity index (χ3v) is 4.22. The SMILES string of the molecule is O=C(Nc1cccc(Br)c1)Nc1cccc2c1CCCC2. The second-order valence-corrected chi connectivity index (χ2v) is 6.16. The predicted molar refractivity (Wildman–Crippen MR) is 89.9 cm³/mol. The number of benzene rings is 2. The maximum absolute atomic E-state index is 12.1. The number of carbonyl (C=O) groups excluding carboxylic acids is 1. The fraction of sp³-hybridized carbons (Fsp3) is 0.235. The van der Waals surface area contributed by atoms with Gasteiger partial charge in [-0.05, 0) is 61.1 Å². The van der Waals surface area contributed by atoms with Crippen LogP contribution in [0.1, 0.15) is 24.0 Å². The molecular formula is C17H17BrN2O. The summed E-state index contributed by atoms with van der Waals surface area (Å²) >= 11 is 3.40. The third kappa shape index (κ3) is 3.45. The Morgan fingerprint density at radius 3 is 2.67 bits per heavy atom. The number of amides is 2. The lowest BCUT2D eigenvalue weighted by Gasteiger charge is -2.19. The van der Waals surface area contributed by atoms with Gasteiger partial charge in [0.1, 0.15) is 0 Å². The van der Waals surface area contributed by atoms with E-state index in [9.17, 15) is 4.79 Å². The molecule has 0 saturated heterocycles. The highest BCUT2D eigenvalue weighted by Gasteiger charge is 2.14. The number of anilines is 2. The number of nitrogens with one attached hydrogen (secondary N) is 2. The Bertz CT molecular complexity index is 670. The highest BCUT2D eigenvalue weighted by atomic mass is 79.9. The molecule has 1 aliphatic carbocycles. The normalized spacial score (nSPS) is 13.4. The topological polar surface area (TPSA) is 41.1 Å². The average Bonchev–Trinajstić information content (AvgIpc) is 2.47. The molecule has 2 aromatic carbocycles. The summed E-state index contributed by atoms with van der Waals surface area (Å²) in [6, 6.07) is 13.5. The second kappa shape index (κ2) is 6.31. The molecule has 0 aliphatic heterocycles. The number of halogens is 1. The van der Waals surface area contributed by atoms with E-state index in [1.165, 1.54) is 24.0 Å². The minimum Gasteiger partial charge on any atom is -0.308 e. The van der Waals surface area contributed by atoms with Gasteiger partial charge in [0, 0.05) is 15.8 Å². The summed E-state index contributed by atoms with van der Waals surface area (Å²) in [6.45, 7) is 0. The first-order valence-corrected chi connectivity index (χ1v) is 7.96. The van der Waals surface area contributed by atoms with Gasteiger partial charge in [0.05, 0.1) is 0 Å². The molecule has 0 atom stereocenters. The number of carbonyl (C=O) groups is 1. The molecular weight excluding hydrogens is 328 g/mol. The van der Waals surface area contributed by atoms with Crippen molar-refractivity contribution in [3.05, 3.63) is 58.1 Å². The second-order valence-electron chi connectivity index (χ2n) is 5.24. The maximum Gasteiger partial charge on any atom is 0.323 e. The molecule has 3 rings (SSSR count). The van der Waals surface area contributed by atoms with Crippen LogP contribution in [0, 0.1) is 0 Å². The van der Waals surface area contributed by atoms with E-state index in [0.29, 0.717) is 0 Å². The van der Waals surface area contributed by atoms with Crippen molar-refractivity contribution in [2.75, 3.05) is 10.6 Å². The molecule has 1 aliphatic rings. The van der Waals surface area contributed by atoms with E-state index >= 15 is 0 Å². The van der Waals surface area contributed by atoms with Crippen LogP contribution >= 0.6 is 15.9 Å². The van der Waals surface area contributed by atoms with E-state index in [4.69, 9.17) is 0 Å². The van der Waals surface area contributed by atoms with Crippen LogP contribution in [0.4, 0.5) is 16.2 Å². The Labute approximate surface area is 132 Å². The van der Waals surface area contributed by atoms with E-state index in [2.05, 4.69) is 32.6 Å². The molecule has 2 N–H and O–H groups in total. The summed E-state index contributed by atoms with van der Waals surface area (Å²) in [5.74, 6) is 0. The van der Waals surface area contributed by atoms with Gasteiger partial charge in [-0.2, -0.15) is 0 Å². The first-order valence-electron chi connectivity index (χ1n) is 7.17. The predicted octanol–water partition coefficient (Wildman–Crippen LogP) is 4.97. The van der Waals surface area contributed by atoms with Crippen LogP contribution in [0.25, 0.3) is 0 Å². The van der Waals surface area contributed by atoms with Gasteiger partial charge in [-0.3, -0.25) is 0 Å². The molecule has 0 radical (unpaired) electrons. The summed E-state index contributed by atoms with van der Waals surface area (Å²) in [4.78, 5) is 12.1. The first-order chi connectivity index (χ1) is 10.2. The highest BCUT2D eigenvalue weighted by molar-refractivity contribution is 9.10. The van der Waals surface area contributed by atoms with Crippen molar-refractivity contribution in [2.24, 2.45) is 0 Å². The van der Waals surface area contributed by atoms with Gasteiger partial charge in [-0.25, -0.2) is 4.79 Å². The lowest BCUT2D eigenvalue weighted by Crippen LogP contribution is -2.21. The van der Waals surface area contributed by atoms with Crippen molar-refractivity contribution in [3.63, 3.8) is 0 Å². The lowest BCUT2D eigenvalue weighted by molar-refractivity contribution is 0.262. The molecule has 2 aromatic rings. The Morgan fingerprint density at radius 1 is 1.00 bits per heavy atom. The molecule has 0 fully saturated rings. The zero-order chi connectivity index (χ0) is 14.7. The molecule has 2 amide bonds. The zero-order valence-corrected chi connectivity index (χ0v) is 13.2. The van der Waals surface area contributed by atoms with Gasteiger partial charge < -0.3 is 10.6 Å². The summed E-state index contributed by atoms with van der Waals surface area (Å²) in [6.07, 6.45) is 4.58. The molecule has 0 bridgehead atoms. The van der Waals surface area contributed by atoms with Crippen molar-refractivity contribution < 1.29 is 4.79 Å². The molecule has 3 nitrogen and oxygen atoms in total. The van der Waals surface area contributed by atoms with Crippen molar-refractivity contribution in [1.29, 1.82) is 0 Å². The largest absolute Gasteiger partial charge is 0.323 e. The van der Waals surface area contributed by atoms with Crippen molar-refractivity contribution in [1.82, 2.24) is 0 Å². The number of aryl methyl sites for hydroxylation is 1. The van der Waals surface area contributed by atoms with Gasteiger partial charge in [0.25, 0.3) is 0 Å². The molecule has 0 spiro atoms. The van der Waals surface area contributed by atoms with Gasteiger partial charge in [-0.15, -0.1) is 0 Å². The maximum atomic E-state index is 12.1. The molecule has 0 saturated carbocycles. The first kappa shape index (κ1) is 14.1. The number of rotatable bonds is 2. The molecule has 0 unspecified atom stereocenters. The Morgan fingerprint density at radius 2 is 1.81 bits per heavy atom. The van der Waals surface area contributed by atoms with Crippen molar-refractivity contribution >= 4 is 33.3 Å². The summed E-state index contributed by atoms with van der Waals surface area (Å²) in [7, 11) is 0. The quantitative estimate of drug-likeness (QED) is 0.793. The number of hydrogen-bond acceptors (Lipinski definition) is 1. The Kier molecular flexibility index (Phi) is 4.25. The summed E-state index contributed by atoms with van der Waals surface area (Å²) in [5, 5.41) is 5.83. The van der Waals surface area contributed by atoms with Crippen molar-refractivity contribution in [3.8, 4) is 0 Å². The van der Waals surface area contributed by atoms with Crippen LogP contribution in [-0.2, 0) is 12.8 Å². The van der Waals surface area contributed by atoms with Crippen LogP contribution in [0.5, 0.6) is 0 Å². The zero-order valence-electron chi connectivity index (χ0n) is 11.7. The van der Waals surface area contributed by atoms with E-state index < -0.39 is 0 Å². The minimum atomic E-state index is -0.202.